The minimum atomic E-state index is -0.196. The van der Waals surface area contributed by atoms with Crippen LogP contribution in [0.1, 0.15) is 16.8 Å². The standard InChI is InChI=1S/C10H12BrN3O2/c11-8-4-2-1-3-7(8)10(15)13-6-5-9(12)14-16/h1-4,16H,5-6H2,(H2,12,14)(H,13,15). The van der Waals surface area contributed by atoms with Gasteiger partial charge in [-0.2, -0.15) is 0 Å². The predicted molar refractivity (Wildman–Crippen MR) is 64.5 cm³/mol. The maximum absolute atomic E-state index is 11.7. The molecular formula is C10H12BrN3O2. The lowest BCUT2D eigenvalue weighted by molar-refractivity contribution is 0.0954. The molecule has 16 heavy (non-hydrogen) atoms. The van der Waals surface area contributed by atoms with Crippen LogP contribution in [-0.2, 0) is 0 Å². The van der Waals surface area contributed by atoms with Crippen LogP contribution in [0.15, 0.2) is 33.9 Å². The SMILES string of the molecule is NC(CCNC(=O)c1ccccc1Br)=NO. The van der Waals surface area contributed by atoms with Crippen LogP contribution in [0.25, 0.3) is 0 Å². The van der Waals surface area contributed by atoms with E-state index in [1.54, 1.807) is 18.2 Å². The first-order valence-electron chi connectivity index (χ1n) is 4.64. The number of hydrogen-bond acceptors (Lipinski definition) is 3. The van der Waals surface area contributed by atoms with Gasteiger partial charge in [-0.25, -0.2) is 0 Å². The monoisotopic (exact) mass is 285 g/mol. The molecule has 1 aromatic rings. The van der Waals surface area contributed by atoms with Gasteiger partial charge in [0.25, 0.3) is 5.91 Å². The Morgan fingerprint density at radius 3 is 2.81 bits per heavy atom. The van der Waals surface area contributed by atoms with Crippen LogP contribution in [-0.4, -0.2) is 23.5 Å². The van der Waals surface area contributed by atoms with Crippen molar-refractivity contribution >= 4 is 27.7 Å². The lowest BCUT2D eigenvalue weighted by atomic mass is 10.2. The number of carbonyl (C=O) groups excluding carboxylic acids is 1. The van der Waals surface area contributed by atoms with Crippen LogP contribution in [0.2, 0.25) is 0 Å². The van der Waals surface area contributed by atoms with Crippen molar-refractivity contribution in [3.63, 3.8) is 0 Å². The zero-order valence-electron chi connectivity index (χ0n) is 8.48. The number of carbonyl (C=O) groups is 1. The van der Waals surface area contributed by atoms with Crippen LogP contribution in [0.4, 0.5) is 0 Å². The normalized spacial score (nSPS) is 11.2. The third kappa shape index (κ3) is 3.54. The molecule has 0 bridgehead atoms. The van der Waals surface area contributed by atoms with Crippen molar-refractivity contribution in [3.05, 3.63) is 34.3 Å². The highest BCUT2D eigenvalue weighted by molar-refractivity contribution is 9.10. The molecule has 0 aliphatic carbocycles. The van der Waals surface area contributed by atoms with Crippen molar-refractivity contribution in [2.24, 2.45) is 10.9 Å². The Hall–Kier alpha value is -1.56. The fraction of sp³-hybridized carbons (Fsp3) is 0.200. The number of hydrogen-bond donors (Lipinski definition) is 3. The lowest BCUT2D eigenvalue weighted by Gasteiger charge is -2.05. The molecule has 0 aliphatic rings. The number of halogens is 1. The highest BCUT2D eigenvalue weighted by atomic mass is 79.9. The molecule has 1 rings (SSSR count). The molecule has 6 heteroatoms. The van der Waals surface area contributed by atoms with Gasteiger partial charge in [0.05, 0.1) is 5.56 Å². The summed E-state index contributed by atoms with van der Waals surface area (Å²) in [5.74, 6) is -0.106. The van der Waals surface area contributed by atoms with E-state index in [0.717, 1.165) is 4.47 Å². The minimum absolute atomic E-state index is 0.0902. The maximum atomic E-state index is 11.7. The van der Waals surface area contributed by atoms with Gasteiger partial charge < -0.3 is 16.3 Å². The highest BCUT2D eigenvalue weighted by Gasteiger charge is 2.08. The second-order valence-electron chi connectivity index (χ2n) is 3.08. The first-order valence-corrected chi connectivity index (χ1v) is 5.43. The molecule has 0 fully saturated rings. The summed E-state index contributed by atoms with van der Waals surface area (Å²) >= 11 is 3.28. The van der Waals surface area contributed by atoms with Gasteiger partial charge in [-0.1, -0.05) is 17.3 Å². The van der Waals surface area contributed by atoms with E-state index in [-0.39, 0.29) is 11.7 Å². The van der Waals surface area contributed by atoms with E-state index in [2.05, 4.69) is 26.4 Å². The van der Waals surface area contributed by atoms with Crippen molar-refractivity contribution in [2.45, 2.75) is 6.42 Å². The molecule has 0 aliphatic heterocycles. The summed E-state index contributed by atoms with van der Waals surface area (Å²) in [5, 5.41) is 13.8. The highest BCUT2D eigenvalue weighted by Crippen LogP contribution is 2.15. The number of amides is 1. The van der Waals surface area contributed by atoms with Gasteiger partial charge in [0, 0.05) is 17.4 Å². The second kappa shape index (κ2) is 6.12. The topological polar surface area (TPSA) is 87.7 Å². The number of oxime groups is 1. The van der Waals surface area contributed by atoms with Crippen molar-refractivity contribution in [3.8, 4) is 0 Å². The number of nitrogens with two attached hydrogens (primary N) is 1. The van der Waals surface area contributed by atoms with Gasteiger partial charge in [-0.05, 0) is 28.1 Å². The third-order valence-corrected chi connectivity index (χ3v) is 2.61. The molecule has 0 saturated heterocycles. The maximum Gasteiger partial charge on any atom is 0.252 e. The summed E-state index contributed by atoms with van der Waals surface area (Å²) in [5.41, 5.74) is 5.82. The number of nitrogens with zero attached hydrogens (tertiary/aromatic N) is 1. The smallest absolute Gasteiger partial charge is 0.252 e. The number of amidine groups is 1. The Balaban J connectivity index is 2.51. The molecule has 1 aromatic carbocycles. The van der Waals surface area contributed by atoms with Crippen LogP contribution in [0.3, 0.4) is 0 Å². The average Bonchev–Trinajstić information content (AvgIpc) is 2.29. The molecule has 0 radical (unpaired) electrons. The van der Waals surface area contributed by atoms with E-state index in [1.807, 2.05) is 6.07 Å². The molecule has 0 unspecified atom stereocenters. The molecule has 1 amide bonds. The first-order chi connectivity index (χ1) is 7.65. The third-order valence-electron chi connectivity index (χ3n) is 1.91. The molecule has 86 valence electrons. The van der Waals surface area contributed by atoms with Crippen LogP contribution < -0.4 is 11.1 Å². The van der Waals surface area contributed by atoms with Crippen LogP contribution in [0, 0.1) is 0 Å². The fourth-order valence-corrected chi connectivity index (χ4v) is 1.56. The summed E-state index contributed by atoms with van der Waals surface area (Å²) in [7, 11) is 0. The molecular weight excluding hydrogens is 274 g/mol. The average molecular weight is 286 g/mol. The second-order valence-corrected chi connectivity index (χ2v) is 3.93. The van der Waals surface area contributed by atoms with Crippen LogP contribution >= 0.6 is 15.9 Å². The van der Waals surface area contributed by atoms with Gasteiger partial charge in [-0.3, -0.25) is 4.79 Å². The van der Waals surface area contributed by atoms with Gasteiger partial charge in [0.2, 0.25) is 0 Å². The molecule has 5 nitrogen and oxygen atoms in total. The largest absolute Gasteiger partial charge is 0.409 e. The molecule has 0 saturated carbocycles. The van der Waals surface area contributed by atoms with Gasteiger partial charge >= 0.3 is 0 Å². The van der Waals surface area contributed by atoms with Crippen molar-refractivity contribution < 1.29 is 10.0 Å². The summed E-state index contributed by atoms with van der Waals surface area (Å²) in [6, 6.07) is 7.11. The van der Waals surface area contributed by atoms with E-state index in [9.17, 15) is 4.79 Å². The lowest BCUT2D eigenvalue weighted by Crippen LogP contribution is -2.28. The Morgan fingerprint density at radius 1 is 1.50 bits per heavy atom. The van der Waals surface area contributed by atoms with E-state index in [1.165, 1.54) is 0 Å². The molecule has 0 aromatic heterocycles. The first kappa shape index (κ1) is 12.5. The Kier molecular flexibility index (Phi) is 4.78. The van der Waals surface area contributed by atoms with E-state index in [4.69, 9.17) is 10.9 Å². The molecule has 0 spiro atoms. The Bertz CT molecular complexity index is 407. The minimum Gasteiger partial charge on any atom is -0.409 e. The van der Waals surface area contributed by atoms with Gasteiger partial charge in [0.1, 0.15) is 5.84 Å². The fourth-order valence-electron chi connectivity index (χ4n) is 1.09. The van der Waals surface area contributed by atoms with E-state index < -0.39 is 0 Å². The van der Waals surface area contributed by atoms with Crippen molar-refractivity contribution in [1.82, 2.24) is 5.32 Å². The number of rotatable bonds is 4. The van der Waals surface area contributed by atoms with Gasteiger partial charge in [0.15, 0.2) is 0 Å². The summed E-state index contributed by atoms with van der Waals surface area (Å²) in [6.07, 6.45) is 0.312. The van der Waals surface area contributed by atoms with Gasteiger partial charge in [-0.15, -0.1) is 0 Å². The molecule has 0 heterocycles. The predicted octanol–water partition coefficient (Wildman–Crippen LogP) is 1.32. The summed E-state index contributed by atoms with van der Waals surface area (Å²) in [6.45, 7) is 0.329. The summed E-state index contributed by atoms with van der Waals surface area (Å²) in [4.78, 5) is 11.7. The van der Waals surface area contributed by atoms with Crippen molar-refractivity contribution in [2.75, 3.05) is 6.54 Å². The molecule has 4 N–H and O–H groups in total. The zero-order chi connectivity index (χ0) is 12.0. The number of nitrogens with one attached hydrogen (secondary N) is 1. The van der Waals surface area contributed by atoms with Crippen LogP contribution in [0.5, 0.6) is 0 Å². The number of benzene rings is 1. The van der Waals surface area contributed by atoms with Crippen molar-refractivity contribution in [1.29, 1.82) is 0 Å². The molecule has 0 atom stereocenters. The Morgan fingerprint density at radius 2 is 2.19 bits per heavy atom. The Labute approximate surface area is 101 Å². The van der Waals surface area contributed by atoms with E-state index in [0.29, 0.717) is 18.5 Å². The zero-order valence-corrected chi connectivity index (χ0v) is 10.1. The quantitative estimate of drug-likeness (QED) is 0.337. The van der Waals surface area contributed by atoms with E-state index >= 15 is 0 Å². The summed E-state index contributed by atoms with van der Waals surface area (Å²) < 4.78 is 0.733.